The van der Waals surface area contributed by atoms with Crippen LogP contribution < -0.4 is 5.32 Å². The van der Waals surface area contributed by atoms with E-state index in [-0.39, 0.29) is 23.8 Å². The first-order chi connectivity index (χ1) is 11.4. The molecule has 0 aromatic heterocycles. The zero-order chi connectivity index (χ0) is 17.4. The lowest BCUT2D eigenvalue weighted by molar-refractivity contribution is -0.137. The van der Waals surface area contributed by atoms with Crippen LogP contribution in [0.2, 0.25) is 0 Å². The summed E-state index contributed by atoms with van der Waals surface area (Å²) < 4.78 is 37.7. The van der Waals surface area contributed by atoms with E-state index in [0.29, 0.717) is 0 Å². The first-order valence-electron chi connectivity index (χ1n) is 7.06. The highest BCUT2D eigenvalue weighted by Gasteiger charge is 2.30. The number of thioether (sulfide) groups is 1. The largest absolute Gasteiger partial charge is 0.416 e. The molecule has 0 bridgehead atoms. The summed E-state index contributed by atoms with van der Waals surface area (Å²) >= 11 is 1.40. The van der Waals surface area contributed by atoms with Crippen LogP contribution in [0.4, 0.5) is 13.2 Å². The molecule has 0 aliphatic rings. The van der Waals surface area contributed by atoms with Gasteiger partial charge in [-0.25, -0.2) is 0 Å². The number of halogens is 3. The molecule has 2 nitrogen and oxygen atoms in total. The smallest absolute Gasteiger partial charge is 0.344 e. The molecule has 2 rings (SSSR count). The number of hydrogen-bond donors (Lipinski definition) is 1. The van der Waals surface area contributed by atoms with Gasteiger partial charge in [0, 0.05) is 10.5 Å². The van der Waals surface area contributed by atoms with Gasteiger partial charge in [0.15, 0.2) is 0 Å². The van der Waals surface area contributed by atoms with E-state index in [1.807, 2.05) is 30.3 Å². The third-order valence-electron chi connectivity index (χ3n) is 2.91. The minimum atomic E-state index is -4.39. The molecule has 0 fully saturated rings. The normalized spacial score (nSPS) is 10.6. The molecule has 0 saturated heterocycles. The van der Waals surface area contributed by atoms with Gasteiger partial charge >= 0.3 is 6.18 Å². The highest BCUT2D eigenvalue weighted by molar-refractivity contribution is 8.00. The first kappa shape index (κ1) is 18.0. The predicted octanol–water partition coefficient (Wildman–Crippen LogP) is 3.97. The Labute approximate surface area is 142 Å². The van der Waals surface area contributed by atoms with E-state index in [9.17, 15) is 18.0 Å². The van der Waals surface area contributed by atoms with Crippen molar-refractivity contribution in [2.75, 3.05) is 12.3 Å². The molecule has 1 N–H and O–H groups in total. The van der Waals surface area contributed by atoms with Gasteiger partial charge in [-0.15, -0.1) is 11.8 Å². The van der Waals surface area contributed by atoms with Crippen molar-refractivity contribution in [1.82, 2.24) is 5.32 Å². The summed E-state index contributed by atoms with van der Waals surface area (Å²) in [4.78, 5) is 12.7. The van der Waals surface area contributed by atoms with E-state index in [2.05, 4.69) is 17.2 Å². The van der Waals surface area contributed by atoms with Crippen LogP contribution in [0.25, 0.3) is 0 Å². The minimum Gasteiger partial charge on any atom is -0.344 e. The SMILES string of the molecule is O=C(CSc1ccccc1)NCC#Cc1cccc(C(F)(F)F)c1. The van der Waals surface area contributed by atoms with Crippen LogP contribution in [0.3, 0.4) is 0 Å². The van der Waals surface area contributed by atoms with Gasteiger partial charge in [0.05, 0.1) is 17.9 Å². The van der Waals surface area contributed by atoms with Gasteiger partial charge < -0.3 is 5.32 Å². The molecule has 0 atom stereocenters. The third kappa shape index (κ3) is 6.01. The van der Waals surface area contributed by atoms with E-state index < -0.39 is 11.7 Å². The third-order valence-corrected chi connectivity index (χ3v) is 3.92. The van der Waals surface area contributed by atoms with Gasteiger partial charge in [0.1, 0.15) is 0 Å². The van der Waals surface area contributed by atoms with Crippen molar-refractivity contribution in [3.05, 3.63) is 65.7 Å². The predicted molar refractivity (Wildman–Crippen MR) is 88.5 cm³/mol. The molecule has 1 amide bonds. The van der Waals surface area contributed by atoms with E-state index in [0.717, 1.165) is 17.0 Å². The van der Waals surface area contributed by atoms with Crippen LogP contribution in [0.1, 0.15) is 11.1 Å². The van der Waals surface area contributed by atoms with E-state index in [1.54, 1.807) is 0 Å². The Morgan fingerprint density at radius 2 is 1.83 bits per heavy atom. The zero-order valence-electron chi connectivity index (χ0n) is 12.6. The monoisotopic (exact) mass is 349 g/mol. The second kappa shape index (κ2) is 8.46. The fraction of sp³-hybridized carbons (Fsp3) is 0.167. The highest BCUT2D eigenvalue weighted by atomic mass is 32.2. The maximum absolute atomic E-state index is 12.6. The zero-order valence-corrected chi connectivity index (χ0v) is 13.4. The number of benzene rings is 2. The van der Waals surface area contributed by atoms with Crippen molar-refractivity contribution in [3.63, 3.8) is 0 Å². The van der Waals surface area contributed by atoms with Crippen molar-refractivity contribution in [3.8, 4) is 11.8 Å². The van der Waals surface area contributed by atoms with Gasteiger partial charge in [-0.05, 0) is 30.3 Å². The quantitative estimate of drug-likeness (QED) is 0.669. The number of carbonyl (C=O) groups is 1. The molecule has 24 heavy (non-hydrogen) atoms. The summed E-state index contributed by atoms with van der Waals surface area (Å²) in [7, 11) is 0. The summed E-state index contributed by atoms with van der Waals surface area (Å²) in [6.07, 6.45) is -4.39. The maximum Gasteiger partial charge on any atom is 0.416 e. The summed E-state index contributed by atoms with van der Waals surface area (Å²) in [6, 6.07) is 14.3. The molecule has 2 aromatic carbocycles. The van der Waals surface area contributed by atoms with Crippen molar-refractivity contribution < 1.29 is 18.0 Å². The van der Waals surface area contributed by atoms with Gasteiger partial charge in [0.2, 0.25) is 5.91 Å². The molecule has 0 spiro atoms. The van der Waals surface area contributed by atoms with Crippen molar-refractivity contribution >= 4 is 17.7 Å². The van der Waals surface area contributed by atoms with Crippen molar-refractivity contribution in [1.29, 1.82) is 0 Å². The van der Waals surface area contributed by atoms with E-state index >= 15 is 0 Å². The number of amides is 1. The molecule has 0 aliphatic carbocycles. The van der Waals surface area contributed by atoms with Crippen molar-refractivity contribution in [2.24, 2.45) is 0 Å². The Balaban J connectivity index is 1.80. The number of nitrogens with one attached hydrogen (secondary N) is 1. The summed E-state index contributed by atoms with van der Waals surface area (Å²) in [6.45, 7) is 0.0877. The van der Waals surface area contributed by atoms with Gasteiger partial charge in [-0.3, -0.25) is 4.79 Å². The number of alkyl halides is 3. The molecule has 0 aliphatic heterocycles. The Bertz CT molecular complexity index is 748. The number of rotatable bonds is 4. The van der Waals surface area contributed by atoms with Crippen LogP contribution >= 0.6 is 11.8 Å². The summed E-state index contributed by atoms with van der Waals surface area (Å²) in [5.41, 5.74) is -0.477. The summed E-state index contributed by atoms with van der Waals surface area (Å²) in [5.74, 6) is 5.35. The Kier molecular flexibility index (Phi) is 6.33. The standard InChI is InChI=1S/C18H14F3NOS/c19-18(20,21)15-8-4-6-14(12-15)7-5-11-22-17(23)13-24-16-9-2-1-3-10-16/h1-4,6,8-10,12H,11,13H2,(H,22,23). The lowest BCUT2D eigenvalue weighted by atomic mass is 10.1. The fourth-order valence-electron chi connectivity index (χ4n) is 1.78. The molecule has 0 heterocycles. The molecule has 6 heteroatoms. The Hall–Kier alpha value is -2.39. The molecule has 124 valence electrons. The van der Waals surface area contributed by atoms with Crippen LogP contribution in [0.5, 0.6) is 0 Å². The van der Waals surface area contributed by atoms with Crippen LogP contribution in [-0.4, -0.2) is 18.2 Å². The Morgan fingerprint density at radius 1 is 1.08 bits per heavy atom. The number of carbonyl (C=O) groups excluding carboxylic acids is 1. The van der Waals surface area contributed by atoms with Crippen LogP contribution in [-0.2, 0) is 11.0 Å². The first-order valence-corrected chi connectivity index (χ1v) is 8.04. The lowest BCUT2D eigenvalue weighted by Gasteiger charge is -2.05. The fourth-order valence-corrected chi connectivity index (χ4v) is 2.53. The van der Waals surface area contributed by atoms with Crippen LogP contribution in [0.15, 0.2) is 59.5 Å². The summed E-state index contributed by atoms with van der Waals surface area (Å²) in [5, 5.41) is 2.61. The average molecular weight is 349 g/mol. The van der Waals surface area contributed by atoms with Gasteiger partial charge in [-0.1, -0.05) is 36.1 Å². The molecule has 0 unspecified atom stereocenters. The van der Waals surface area contributed by atoms with E-state index in [4.69, 9.17) is 0 Å². The van der Waals surface area contributed by atoms with E-state index in [1.165, 1.54) is 23.9 Å². The van der Waals surface area contributed by atoms with Gasteiger partial charge in [0.25, 0.3) is 0 Å². The molecule has 2 aromatic rings. The molecular weight excluding hydrogens is 335 g/mol. The maximum atomic E-state index is 12.6. The van der Waals surface area contributed by atoms with Crippen molar-refractivity contribution in [2.45, 2.75) is 11.1 Å². The highest BCUT2D eigenvalue weighted by Crippen LogP contribution is 2.29. The average Bonchev–Trinajstić information content (AvgIpc) is 2.57. The molecule has 0 radical (unpaired) electrons. The number of hydrogen-bond acceptors (Lipinski definition) is 2. The Morgan fingerprint density at radius 3 is 2.54 bits per heavy atom. The lowest BCUT2D eigenvalue weighted by Crippen LogP contribution is -2.25. The second-order valence-corrected chi connectivity index (χ2v) is 5.81. The molecular formula is C18H14F3NOS. The topological polar surface area (TPSA) is 29.1 Å². The minimum absolute atomic E-state index is 0.0877. The van der Waals surface area contributed by atoms with Gasteiger partial charge in [-0.2, -0.15) is 13.2 Å². The molecule has 0 saturated carbocycles. The van der Waals surface area contributed by atoms with Crippen LogP contribution in [0, 0.1) is 11.8 Å². The second-order valence-electron chi connectivity index (χ2n) is 4.76.